The Morgan fingerprint density at radius 3 is 1.93 bits per heavy atom. The molecule has 158 valence electrons. The second-order valence-electron chi connectivity index (χ2n) is 8.80. The van der Waals surface area contributed by atoms with Crippen molar-refractivity contribution in [3.63, 3.8) is 0 Å². The summed E-state index contributed by atoms with van der Waals surface area (Å²) in [6.45, 7) is 11.9. The minimum Gasteiger partial charge on any atom is -0.409 e. The predicted octanol–water partition coefficient (Wildman–Crippen LogP) is 5.38. The minimum atomic E-state index is -2.00. The van der Waals surface area contributed by atoms with E-state index < -0.39 is 14.4 Å². The molecule has 0 bridgehead atoms. The largest absolute Gasteiger partial charge is 0.409 e. The summed E-state index contributed by atoms with van der Waals surface area (Å²) in [4.78, 5) is 12.9. The van der Waals surface area contributed by atoms with Crippen LogP contribution in [0.25, 0.3) is 0 Å². The van der Waals surface area contributed by atoms with E-state index >= 15 is 0 Å². The summed E-state index contributed by atoms with van der Waals surface area (Å²) in [6.07, 6.45) is -0.649. The number of rotatable bonds is 11. The zero-order valence-electron chi connectivity index (χ0n) is 18.3. The van der Waals surface area contributed by atoms with Crippen LogP contribution in [0.5, 0.6) is 0 Å². The Morgan fingerprint density at radius 2 is 1.41 bits per heavy atom. The van der Waals surface area contributed by atoms with Crippen molar-refractivity contribution in [2.75, 3.05) is 13.2 Å². The number of ketones is 1. The third-order valence-electron chi connectivity index (χ3n) is 5.42. The minimum absolute atomic E-state index is 0.0531. The van der Waals surface area contributed by atoms with Crippen LogP contribution in [-0.2, 0) is 31.9 Å². The number of benzene rings is 2. The molecule has 0 aliphatic rings. The lowest BCUT2D eigenvalue weighted by molar-refractivity contribution is -0.138. The molecular formula is C24H34O4Si. The zero-order chi connectivity index (χ0) is 21.3. The van der Waals surface area contributed by atoms with Gasteiger partial charge in [0.15, 0.2) is 14.1 Å². The number of carbonyl (C=O) groups is 1. The second kappa shape index (κ2) is 10.8. The molecule has 0 spiro atoms. The lowest BCUT2D eigenvalue weighted by Crippen LogP contribution is -2.44. The van der Waals surface area contributed by atoms with E-state index in [-0.39, 0.29) is 24.0 Å². The fourth-order valence-corrected chi connectivity index (χ4v) is 3.36. The number of Topliss-reactive ketones (excluding diaryl/α,β-unsaturated/α-hetero) is 1. The van der Waals surface area contributed by atoms with Gasteiger partial charge in [-0.15, -0.1) is 0 Å². The number of carbonyl (C=O) groups excluding carboxylic acids is 1. The molecule has 2 rings (SSSR count). The lowest BCUT2D eigenvalue weighted by atomic mass is 10.2. The molecule has 0 saturated heterocycles. The molecule has 0 aliphatic carbocycles. The molecule has 0 aliphatic heterocycles. The summed E-state index contributed by atoms with van der Waals surface area (Å²) < 4.78 is 17.8. The van der Waals surface area contributed by atoms with Gasteiger partial charge >= 0.3 is 0 Å². The van der Waals surface area contributed by atoms with Crippen LogP contribution >= 0.6 is 0 Å². The topological polar surface area (TPSA) is 44.8 Å². The zero-order valence-corrected chi connectivity index (χ0v) is 19.3. The summed E-state index contributed by atoms with van der Waals surface area (Å²) in [5.41, 5.74) is 2.10. The molecule has 0 unspecified atom stereocenters. The number of ether oxygens (including phenoxy) is 2. The van der Waals surface area contributed by atoms with E-state index in [1.54, 1.807) is 0 Å². The Morgan fingerprint density at radius 1 is 0.897 bits per heavy atom. The van der Waals surface area contributed by atoms with E-state index in [1.165, 1.54) is 0 Å². The SMILES string of the molecule is CC(C)(C)[Si](C)(C)OCC(=O)[C@H](COCc1ccccc1)OCc1ccccc1. The molecule has 0 heterocycles. The average Bonchev–Trinajstić information content (AvgIpc) is 2.69. The highest BCUT2D eigenvalue weighted by molar-refractivity contribution is 6.74. The first kappa shape index (κ1) is 23.5. The maximum absolute atomic E-state index is 12.9. The Bertz CT molecular complexity index is 738. The normalized spacial score (nSPS) is 13.3. The molecule has 0 N–H and O–H groups in total. The highest BCUT2D eigenvalue weighted by atomic mass is 28.4. The summed E-state index contributed by atoms with van der Waals surface area (Å²) in [5, 5.41) is 0.0531. The summed E-state index contributed by atoms with van der Waals surface area (Å²) >= 11 is 0. The Kier molecular flexibility index (Phi) is 8.77. The van der Waals surface area contributed by atoms with E-state index in [0.717, 1.165) is 11.1 Å². The molecule has 1 atom stereocenters. The highest BCUT2D eigenvalue weighted by Gasteiger charge is 2.38. The maximum Gasteiger partial charge on any atom is 0.192 e. The van der Waals surface area contributed by atoms with Gasteiger partial charge in [-0.2, -0.15) is 0 Å². The Labute approximate surface area is 176 Å². The Hall–Kier alpha value is -1.79. The fourth-order valence-electron chi connectivity index (χ4n) is 2.42. The molecular weight excluding hydrogens is 380 g/mol. The predicted molar refractivity (Wildman–Crippen MR) is 119 cm³/mol. The molecule has 2 aromatic rings. The quantitative estimate of drug-likeness (QED) is 0.463. The average molecular weight is 415 g/mol. The van der Waals surface area contributed by atoms with Crippen LogP contribution in [0.2, 0.25) is 18.1 Å². The van der Waals surface area contributed by atoms with Gasteiger partial charge in [0.1, 0.15) is 6.10 Å². The molecule has 2 aromatic carbocycles. The third-order valence-corrected chi connectivity index (χ3v) is 9.89. The van der Waals surface area contributed by atoms with Crippen LogP contribution in [0.15, 0.2) is 60.7 Å². The number of hydrogen-bond acceptors (Lipinski definition) is 4. The van der Waals surface area contributed by atoms with Gasteiger partial charge in [0.05, 0.1) is 26.4 Å². The van der Waals surface area contributed by atoms with Crippen molar-refractivity contribution in [2.45, 2.75) is 58.2 Å². The van der Waals surface area contributed by atoms with Crippen molar-refractivity contribution in [2.24, 2.45) is 0 Å². The standard InChI is InChI=1S/C24H34O4Si/c1-24(2,3)29(4,5)28-18-22(25)23(27-17-21-14-10-7-11-15-21)19-26-16-20-12-8-6-9-13-20/h6-15,23H,16-19H2,1-5H3/t23-/m0/s1. The van der Waals surface area contributed by atoms with Crippen molar-refractivity contribution in [3.8, 4) is 0 Å². The summed E-state index contributed by atoms with van der Waals surface area (Å²) in [6, 6.07) is 19.8. The third kappa shape index (κ3) is 7.86. The molecule has 0 aromatic heterocycles. The van der Waals surface area contributed by atoms with Crippen LogP contribution in [0.3, 0.4) is 0 Å². The lowest BCUT2D eigenvalue weighted by Gasteiger charge is -2.36. The van der Waals surface area contributed by atoms with Crippen molar-refractivity contribution in [3.05, 3.63) is 71.8 Å². The highest BCUT2D eigenvalue weighted by Crippen LogP contribution is 2.36. The Balaban J connectivity index is 1.95. The van der Waals surface area contributed by atoms with Crippen LogP contribution in [0, 0.1) is 0 Å². The van der Waals surface area contributed by atoms with Crippen LogP contribution in [0.1, 0.15) is 31.9 Å². The van der Waals surface area contributed by atoms with Gasteiger partial charge in [-0.25, -0.2) is 0 Å². The summed E-state index contributed by atoms with van der Waals surface area (Å²) in [5.74, 6) is -0.0705. The van der Waals surface area contributed by atoms with Crippen molar-refractivity contribution in [1.29, 1.82) is 0 Å². The molecule has 4 nitrogen and oxygen atoms in total. The van der Waals surface area contributed by atoms with Crippen molar-refractivity contribution >= 4 is 14.1 Å². The van der Waals surface area contributed by atoms with Gasteiger partial charge in [-0.3, -0.25) is 4.79 Å². The first-order valence-electron chi connectivity index (χ1n) is 10.1. The number of hydrogen-bond donors (Lipinski definition) is 0. The van der Waals surface area contributed by atoms with Gasteiger partial charge in [0, 0.05) is 0 Å². The first-order chi connectivity index (χ1) is 13.7. The van der Waals surface area contributed by atoms with Gasteiger partial charge in [0.25, 0.3) is 0 Å². The molecule has 0 radical (unpaired) electrons. The van der Waals surface area contributed by atoms with Gasteiger partial charge in [-0.1, -0.05) is 81.4 Å². The van der Waals surface area contributed by atoms with Crippen molar-refractivity contribution < 1.29 is 18.7 Å². The van der Waals surface area contributed by atoms with Crippen molar-refractivity contribution in [1.82, 2.24) is 0 Å². The van der Waals surface area contributed by atoms with E-state index in [2.05, 4.69) is 33.9 Å². The van der Waals surface area contributed by atoms with E-state index in [1.807, 2.05) is 60.7 Å². The second-order valence-corrected chi connectivity index (χ2v) is 13.6. The van der Waals surface area contributed by atoms with E-state index in [4.69, 9.17) is 13.9 Å². The first-order valence-corrected chi connectivity index (χ1v) is 13.0. The van der Waals surface area contributed by atoms with Gasteiger partial charge in [0.2, 0.25) is 0 Å². The van der Waals surface area contributed by atoms with Gasteiger partial charge in [-0.05, 0) is 29.3 Å². The van der Waals surface area contributed by atoms with E-state index in [9.17, 15) is 4.79 Å². The van der Waals surface area contributed by atoms with E-state index in [0.29, 0.717) is 13.2 Å². The molecule has 0 fully saturated rings. The van der Waals surface area contributed by atoms with Crippen LogP contribution in [0.4, 0.5) is 0 Å². The van der Waals surface area contributed by atoms with Gasteiger partial charge < -0.3 is 13.9 Å². The summed E-state index contributed by atoms with van der Waals surface area (Å²) in [7, 11) is -2.00. The molecule has 5 heteroatoms. The van der Waals surface area contributed by atoms with Crippen LogP contribution < -0.4 is 0 Å². The molecule has 0 amide bonds. The monoisotopic (exact) mass is 414 g/mol. The molecule has 29 heavy (non-hydrogen) atoms. The smallest absolute Gasteiger partial charge is 0.192 e. The maximum atomic E-state index is 12.9. The van der Waals surface area contributed by atoms with Crippen LogP contribution in [-0.4, -0.2) is 33.4 Å². The fraction of sp³-hybridized carbons (Fsp3) is 0.458. The molecule has 0 saturated carbocycles.